The van der Waals surface area contributed by atoms with Gasteiger partial charge in [0.2, 0.25) is 5.91 Å². The molecule has 0 radical (unpaired) electrons. The van der Waals surface area contributed by atoms with E-state index in [-0.39, 0.29) is 11.8 Å². The molecular formula is C16H23BrN2O. The first-order valence-electron chi connectivity index (χ1n) is 7.29. The van der Waals surface area contributed by atoms with Crippen molar-refractivity contribution >= 4 is 21.8 Å². The number of amides is 1. The third-order valence-electron chi connectivity index (χ3n) is 4.00. The lowest BCUT2D eigenvalue weighted by molar-refractivity contribution is -0.130. The number of carbonyl (C=O) groups is 1. The topological polar surface area (TPSA) is 32.3 Å². The molecule has 0 spiro atoms. The highest BCUT2D eigenvalue weighted by Gasteiger charge is 2.20. The van der Waals surface area contributed by atoms with Gasteiger partial charge in [0, 0.05) is 30.5 Å². The van der Waals surface area contributed by atoms with Gasteiger partial charge in [-0.1, -0.05) is 35.0 Å². The van der Waals surface area contributed by atoms with Crippen LogP contribution in [0.5, 0.6) is 0 Å². The van der Waals surface area contributed by atoms with Crippen molar-refractivity contribution in [3.63, 3.8) is 0 Å². The van der Waals surface area contributed by atoms with E-state index < -0.39 is 0 Å². The molecule has 0 bridgehead atoms. The predicted molar refractivity (Wildman–Crippen MR) is 85.8 cm³/mol. The first-order chi connectivity index (χ1) is 9.56. The van der Waals surface area contributed by atoms with E-state index in [1.54, 1.807) is 0 Å². The summed E-state index contributed by atoms with van der Waals surface area (Å²) in [5.74, 6) is 0.490. The molecule has 2 rings (SSSR count). The Labute approximate surface area is 129 Å². The Kier molecular flexibility index (Phi) is 5.61. The predicted octanol–water partition coefficient (Wildman–Crippen LogP) is 3.15. The van der Waals surface area contributed by atoms with Crippen LogP contribution in [0.4, 0.5) is 0 Å². The van der Waals surface area contributed by atoms with Gasteiger partial charge in [-0.15, -0.1) is 0 Å². The van der Waals surface area contributed by atoms with Gasteiger partial charge in [0.15, 0.2) is 0 Å². The maximum atomic E-state index is 12.3. The monoisotopic (exact) mass is 338 g/mol. The lowest BCUT2D eigenvalue weighted by atomic mass is 9.97. The van der Waals surface area contributed by atoms with Crippen LogP contribution in [0, 0.1) is 0 Å². The minimum absolute atomic E-state index is 0.231. The fraction of sp³-hybridized carbons (Fsp3) is 0.562. The molecule has 0 aliphatic carbocycles. The maximum Gasteiger partial charge on any atom is 0.222 e. The summed E-state index contributed by atoms with van der Waals surface area (Å²) in [4.78, 5) is 14.1. The zero-order valence-electron chi connectivity index (χ0n) is 12.2. The summed E-state index contributed by atoms with van der Waals surface area (Å²) in [6.45, 7) is 4.02. The molecule has 0 saturated carbocycles. The Hall–Kier alpha value is -0.870. The second-order valence-corrected chi connectivity index (χ2v) is 6.64. The Morgan fingerprint density at radius 1 is 1.45 bits per heavy atom. The van der Waals surface area contributed by atoms with Gasteiger partial charge in [-0.2, -0.15) is 0 Å². The van der Waals surface area contributed by atoms with Crippen LogP contribution in [0.15, 0.2) is 28.7 Å². The summed E-state index contributed by atoms with van der Waals surface area (Å²) >= 11 is 3.44. The fourth-order valence-electron chi connectivity index (χ4n) is 2.67. The van der Waals surface area contributed by atoms with Gasteiger partial charge in [-0.05, 0) is 43.0 Å². The van der Waals surface area contributed by atoms with Gasteiger partial charge in [-0.3, -0.25) is 4.79 Å². The number of hydrogen-bond donors (Lipinski definition) is 1. The molecule has 3 nitrogen and oxygen atoms in total. The quantitative estimate of drug-likeness (QED) is 0.894. The van der Waals surface area contributed by atoms with Crippen LogP contribution in [-0.4, -0.2) is 37.0 Å². The van der Waals surface area contributed by atoms with E-state index in [1.807, 2.05) is 24.1 Å². The number of rotatable bonds is 5. The molecule has 1 amide bonds. The van der Waals surface area contributed by atoms with Gasteiger partial charge in [0.05, 0.1) is 0 Å². The van der Waals surface area contributed by atoms with Crippen LogP contribution >= 0.6 is 15.9 Å². The maximum absolute atomic E-state index is 12.3. The number of nitrogens with one attached hydrogen (secondary N) is 1. The van der Waals surface area contributed by atoms with Crippen LogP contribution in [0.25, 0.3) is 0 Å². The summed E-state index contributed by atoms with van der Waals surface area (Å²) in [5, 5.41) is 3.43. The van der Waals surface area contributed by atoms with E-state index in [0.717, 1.165) is 17.6 Å². The van der Waals surface area contributed by atoms with E-state index in [0.29, 0.717) is 12.5 Å². The Bertz CT molecular complexity index is 440. The summed E-state index contributed by atoms with van der Waals surface area (Å²) in [6.07, 6.45) is 2.98. The van der Waals surface area contributed by atoms with E-state index in [2.05, 4.69) is 40.3 Å². The van der Waals surface area contributed by atoms with Gasteiger partial charge in [0.25, 0.3) is 0 Å². The van der Waals surface area contributed by atoms with Crippen molar-refractivity contribution in [3.8, 4) is 0 Å². The second-order valence-electron chi connectivity index (χ2n) is 5.72. The van der Waals surface area contributed by atoms with Gasteiger partial charge in [0.1, 0.15) is 0 Å². The van der Waals surface area contributed by atoms with Crippen molar-refractivity contribution in [2.45, 2.75) is 38.1 Å². The van der Waals surface area contributed by atoms with Crippen LogP contribution in [0.1, 0.15) is 37.7 Å². The molecule has 0 aromatic heterocycles. The average Bonchev–Trinajstić information content (AvgIpc) is 2.92. The molecule has 1 aromatic carbocycles. The standard InChI is InChI=1S/C16H23BrN2O/c1-12(13-5-7-14(17)8-6-13)10-16(20)19(2)11-15-4-3-9-18-15/h5-8,12,15,18H,3-4,9-11H2,1-2H3. The third kappa shape index (κ3) is 4.32. The van der Waals surface area contributed by atoms with Crippen molar-refractivity contribution in [2.75, 3.05) is 20.1 Å². The van der Waals surface area contributed by atoms with Crippen molar-refractivity contribution in [3.05, 3.63) is 34.3 Å². The lowest BCUT2D eigenvalue weighted by Gasteiger charge is -2.23. The summed E-state index contributed by atoms with van der Waals surface area (Å²) < 4.78 is 1.07. The summed E-state index contributed by atoms with van der Waals surface area (Å²) in [5.41, 5.74) is 1.22. The number of likely N-dealkylation sites (N-methyl/N-ethyl adjacent to an activating group) is 1. The average molecular weight is 339 g/mol. The molecule has 1 aliphatic rings. The summed E-state index contributed by atoms with van der Waals surface area (Å²) in [6, 6.07) is 8.71. The molecule has 1 N–H and O–H groups in total. The zero-order valence-corrected chi connectivity index (χ0v) is 13.8. The van der Waals surface area contributed by atoms with Crippen LogP contribution in [-0.2, 0) is 4.79 Å². The minimum atomic E-state index is 0.231. The minimum Gasteiger partial charge on any atom is -0.344 e. The smallest absolute Gasteiger partial charge is 0.222 e. The molecule has 1 saturated heterocycles. The zero-order chi connectivity index (χ0) is 14.5. The second kappa shape index (κ2) is 7.23. The van der Waals surface area contributed by atoms with Crippen molar-refractivity contribution in [1.29, 1.82) is 0 Å². The molecule has 1 aromatic rings. The number of halogens is 1. The molecule has 1 fully saturated rings. The molecule has 110 valence electrons. The Balaban J connectivity index is 1.84. The molecule has 4 heteroatoms. The highest BCUT2D eigenvalue weighted by atomic mass is 79.9. The van der Waals surface area contributed by atoms with Crippen molar-refractivity contribution < 1.29 is 4.79 Å². The third-order valence-corrected chi connectivity index (χ3v) is 4.53. The number of nitrogens with zero attached hydrogens (tertiary/aromatic N) is 1. The first kappa shape index (κ1) is 15.5. The Morgan fingerprint density at radius 2 is 2.15 bits per heavy atom. The van der Waals surface area contributed by atoms with Gasteiger partial charge < -0.3 is 10.2 Å². The highest BCUT2D eigenvalue weighted by molar-refractivity contribution is 9.10. The van der Waals surface area contributed by atoms with E-state index in [1.165, 1.54) is 18.4 Å². The van der Waals surface area contributed by atoms with Crippen LogP contribution in [0.2, 0.25) is 0 Å². The van der Waals surface area contributed by atoms with Crippen LogP contribution < -0.4 is 5.32 Å². The van der Waals surface area contributed by atoms with Crippen molar-refractivity contribution in [1.82, 2.24) is 10.2 Å². The van der Waals surface area contributed by atoms with E-state index >= 15 is 0 Å². The normalized spacial score (nSPS) is 19.9. The number of hydrogen-bond acceptors (Lipinski definition) is 2. The van der Waals surface area contributed by atoms with E-state index in [9.17, 15) is 4.79 Å². The molecule has 2 atom stereocenters. The highest BCUT2D eigenvalue weighted by Crippen LogP contribution is 2.22. The summed E-state index contributed by atoms with van der Waals surface area (Å²) in [7, 11) is 1.91. The fourth-order valence-corrected chi connectivity index (χ4v) is 2.94. The molecule has 1 aliphatic heterocycles. The Morgan fingerprint density at radius 3 is 2.75 bits per heavy atom. The van der Waals surface area contributed by atoms with Crippen LogP contribution in [0.3, 0.4) is 0 Å². The largest absolute Gasteiger partial charge is 0.344 e. The van der Waals surface area contributed by atoms with Gasteiger partial charge in [-0.25, -0.2) is 0 Å². The first-order valence-corrected chi connectivity index (χ1v) is 8.08. The SMILES string of the molecule is CC(CC(=O)N(C)CC1CCCN1)c1ccc(Br)cc1. The molecule has 1 heterocycles. The van der Waals surface area contributed by atoms with E-state index in [4.69, 9.17) is 0 Å². The number of carbonyl (C=O) groups excluding carboxylic acids is 1. The molecule has 2 unspecified atom stereocenters. The lowest BCUT2D eigenvalue weighted by Crippen LogP contribution is -2.38. The number of benzene rings is 1. The van der Waals surface area contributed by atoms with Gasteiger partial charge >= 0.3 is 0 Å². The molecular weight excluding hydrogens is 316 g/mol. The van der Waals surface area contributed by atoms with Crippen molar-refractivity contribution in [2.24, 2.45) is 0 Å². The molecule has 20 heavy (non-hydrogen) atoms.